The SMILES string of the molecule is CCCCNS(=O)(=O)c1cccc(NC(=O)c2cc(N3CCOCC3)ccn2)c1. The third-order valence-corrected chi connectivity index (χ3v) is 6.04. The van der Waals surface area contributed by atoms with E-state index in [1.54, 1.807) is 24.4 Å². The number of nitrogens with zero attached hydrogens (tertiary/aromatic N) is 2. The van der Waals surface area contributed by atoms with E-state index in [0.29, 0.717) is 25.4 Å². The van der Waals surface area contributed by atoms with Crippen LogP contribution in [-0.4, -0.2) is 52.2 Å². The summed E-state index contributed by atoms with van der Waals surface area (Å²) in [6.45, 7) is 5.20. The lowest BCUT2D eigenvalue weighted by Gasteiger charge is -2.28. The molecular weight excluding hydrogens is 392 g/mol. The van der Waals surface area contributed by atoms with Gasteiger partial charge in [-0.1, -0.05) is 19.4 Å². The third-order valence-electron chi connectivity index (χ3n) is 4.58. The van der Waals surface area contributed by atoms with Gasteiger partial charge in [-0.15, -0.1) is 0 Å². The lowest BCUT2D eigenvalue weighted by Crippen LogP contribution is -2.36. The number of benzene rings is 1. The fourth-order valence-corrected chi connectivity index (χ4v) is 4.08. The van der Waals surface area contributed by atoms with Gasteiger partial charge in [0, 0.05) is 37.2 Å². The van der Waals surface area contributed by atoms with Crippen LogP contribution in [0.4, 0.5) is 11.4 Å². The number of carbonyl (C=O) groups is 1. The van der Waals surface area contributed by atoms with Crippen LogP contribution in [0.25, 0.3) is 0 Å². The Kier molecular flexibility index (Phi) is 7.18. The molecule has 1 fully saturated rings. The number of amides is 1. The first kappa shape index (κ1) is 21.2. The number of hydrogen-bond acceptors (Lipinski definition) is 6. The van der Waals surface area contributed by atoms with E-state index in [2.05, 4.69) is 19.9 Å². The monoisotopic (exact) mass is 418 g/mol. The molecule has 1 aliphatic rings. The normalized spacial score (nSPS) is 14.6. The summed E-state index contributed by atoms with van der Waals surface area (Å²) in [6, 6.07) is 9.78. The molecule has 9 heteroatoms. The predicted molar refractivity (Wildman–Crippen MR) is 112 cm³/mol. The number of anilines is 2. The zero-order chi connectivity index (χ0) is 20.7. The average Bonchev–Trinajstić information content (AvgIpc) is 2.75. The number of morpholine rings is 1. The number of aromatic nitrogens is 1. The van der Waals surface area contributed by atoms with Crippen LogP contribution in [0.3, 0.4) is 0 Å². The number of carbonyl (C=O) groups excluding carboxylic acids is 1. The molecule has 0 bridgehead atoms. The standard InChI is InChI=1S/C20H26N4O4S/c1-2-3-8-22-29(26,27)18-6-4-5-16(14-18)23-20(25)19-15-17(7-9-21-19)24-10-12-28-13-11-24/h4-7,9,14-15,22H,2-3,8,10-13H2,1H3,(H,23,25). The van der Waals surface area contributed by atoms with Gasteiger partial charge in [-0.3, -0.25) is 9.78 Å². The largest absolute Gasteiger partial charge is 0.378 e. The molecule has 156 valence electrons. The molecule has 0 aliphatic carbocycles. The number of pyridine rings is 1. The van der Waals surface area contributed by atoms with Gasteiger partial charge in [-0.05, 0) is 36.8 Å². The molecule has 1 aromatic heterocycles. The molecular formula is C20H26N4O4S. The molecule has 2 aromatic rings. The third kappa shape index (κ3) is 5.75. The van der Waals surface area contributed by atoms with Gasteiger partial charge in [0.25, 0.3) is 5.91 Å². The number of ether oxygens (including phenoxy) is 1. The maximum Gasteiger partial charge on any atom is 0.274 e. The summed E-state index contributed by atoms with van der Waals surface area (Å²) >= 11 is 0. The first-order valence-corrected chi connectivity index (χ1v) is 11.2. The van der Waals surface area contributed by atoms with E-state index >= 15 is 0 Å². The maximum atomic E-state index is 12.6. The summed E-state index contributed by atoms with van der Waals surface area (Å²) < 4.78 is 32.7. The molecule has 0 unspecified atom stereocenters. The Morgan fingerprint density at radius 1 is 1.21 bits per heavy atom. The van der Waals surface area contributed by atoms with Crippen molar-refractivity contribution in [2.45, 2.75) is 24.7 Å². The molecule has 1 aromatic carbocycles. The molecule has 2 heterocycles. The summed E-state index contributed by atoms with van der Waals surface area (Å²) in [5.74, 6) is -0.395. The van der Waals surface area contributed by atoms with Crippen molar-refractivity contribution in [3.8, 4) is 0 Å². The molecule has 0 atom stereocenters. The Labute approximate surface area is 171 Å². The molecule has 3 rings (SSSR count). The van der Waals surface area contributed by atoms with E-state index in [1.165, 1.54) is 12.1 Å². The molecule has 0 saturated carbocycles. The van der Waals surface area contributed by atoms with E-state index in [4.69, 9.17) is 4.74 Å². The number of unbranched alkanes of at least 4 members (excludes halogenated alkanes) is 1. The smallest absolute Gasteiger partial charge is 0.274 e. The van der Waals surface area contributed by atoms with Gasteiger partial charge >= 0.3 is 0 Å². The topological polar surface area (TPSA) is 101 Å². The highest BCUT2D eigenvalue weighted by molar-refractivity contribution is 7.89. The maximum absolute atomic E-state index is 12.6. The lowest BCUT2D eigenvalue weighted by atomic mass is 10.2. The summed E-state index contributed by atoms with van der Waals surface area (Å²) in [6.07, 6.45) is 3.26. The second-order valence-electron chi connectivity index (χ2n) is 6.73. The molecule has 1 amide bonds. The number of hydrogen-bond donors (Lipinski definition) is 2. The average molecular weight is 419 g/mol. The zero-order valence-corrected chi connectivity index (χ0v) is 17.2. The van der Waals surface area contributed by atoms with E-state index in [-0.39, 0.29) is 10.6 Å². The lowest BCUT2D eigenvalue weighted by molar-refractivity contribution is 0.102. The van der Waals surface area contributed by atoms with Crippen LogP contribution >= 0.6 is 0 Å². The molecule has 8 nitrogen and oxygen atoms in total. The predicted octanol–water partition coefficient (Wildman–Crippen LogP) is 2.25. The van der Waals surface area contributed by atoms with Crippen molar-refractivity contribution in [3.63, 3.8) is 0 Å². The highest BCUT2D eigenvalue weighted by Crippen LogP contribution is 2.19. The quantitative estimate of drug-likeness (QED) is 0.638. The van der Waals surface area contributed by atoms with Gasteiger partial charge in [0.1, 0.15) is 5.69 Å². The van der Waals surface area contributed by atoms with Crippen molar-refractivity contribution in [1.82, 2.24) is 9.71 Å². The van der Waals surface area contributed by atoms with E-state index in [1.807, 2.05) is 13.0 Å². The first-order chi connectivity index (χ1) is 14.0. The molecule has 2 N–H and O–H groups in total. The second kappa shape index (κ2) is 9.82. The fourth-order valence-electron chi connectivity index (χ4n) is 2.96. The fraction of sp³-hybridized carbons (Fsp3) is 0.400. The van der Waals surface area contributed by atoms with Crippen molar-refractivity contribution in [2.24, 2.45) is 0 Å². The molecule has 1 saturated heterocycles. The van der Waals surface area contributed by atoms with Crippen molar-refractivity contribution >= 4 is 27.3 Å². The van der Waals surface area contributed by atoms with E-state index in [9.17, 15) is 13.2 Å². The van der Waals surface area contributed by atoms with Crippen LogP contribution < -0.4 is 14.9 Å². The molecule has 0 radical (unpaired) electrons. The molecule has 0 spiro atoms. The second-order valence-corrected chi connectivity index (χ2v) is 8.50. The van der Waals surface area contributed by atoms with Gasteiger partial charge in [0.15, 0.2) is 0 Å². The highest BCUT2D eigenvalue weighted by Gasteiger charge is 2.17. The van der Waals surface area contributed by atoms with Crippen LogP contribution in [0, 0.1) is 0 Å². The number of nitrogens with one attached hydrogen (secondary N) is 2. The Bertz CT molecular complexity index is 943. The Morgan fingerprint density at radius 2 is 2.00 bits per heavy atom. The van der Waals surface area contributed by atoms with Crippen LogP contribution in [0.15, 0.2) is 47.5 Å². The van der Waals surface area contributed by atoms with Crippen LogP contribution in [0.5, 0.6) is 0 Å². The van der Waals surface area contributed by atoms with Crippen molar-refractivity contribution in [3.05, 3.63) is 48.3 Å². The van der Waals surface area contributed by atoms with Gasteiger partial charge in [0.05, 0.1) is 18.1 Å². The molecule has 1 aliphatic heterocycles. The van der Waals surface area contributed by atoms with Gasteiger partial charge in [0.2, 0.25) is 10.0 Å². The van der Waals surface area contributed by atoms with Gasteiger partial charge < -0.3 is 15.0 Å². The minimum Gasteiger partial charge on any atom is -0.378 e. The van der Waals surface area contributed by atoms with Gasteiger partial charge in [-0.2, -0.15) is 0 Å². The number of rotatable bonds is 8. The summed E-state index contributed by atoms with van der Waals surface area (Å²) in [5.41, 5.74) is 1.57. The first-order valence-electron chi connectivity index (χ1n) is 9.69. The Hall–Kier alpha value is -2.49. The van der Waals surface area contributed by atoms with E-state index in [0.717, 1.165) is 31.6 Å². The minimum absolute atomic E-state index is 0.112. The summed E-state index contributed by atoms with van der Waals surface area (Å²) in [7, 11) is -3.61. The minimum atomic E-state index is -3.61. The summed E-state index contributed by atoms with van der Waals surface area (Å²) in [4.78, 5) is 19.0. The summed E-state index contributed by atoms with van der Waals surface area (Å²) in [5, 5.41) is 2.73. The van der Waals surface area contributed by atoms with E-state index < -0.39 is 15.9 Å². The molecule has 29 heavy (non-hydrogen) atoms. The Morgan fingerprint density at radius 3 is 2.76 bits per heavy atom. The van der Waals surface area contributed by atoms with Crippen molar-refractivity contribution in [2.75, 3.05) is 43.1 Å². The van der Waals surface area contributed by atoms with Crippen LogP contribution in [-0.2, 0) is 14.8 Å². The Balaban J connectivity index is 1.71. The zero-order valence-electron chi connectivity index (χ0n) is 16.4. The van der Waals surface area contributed by atoms with Gasteiger partial charge in [-0.25, -0.2) is 13.1 Å². The highest BCUT2D eigenvalue weighted by atomic mass is 32.2. The van der Waals surface area contributed by atoms with Crippen molar-refractivity contribution < 1.29 is 17.9 Å². The van der Waals surface area contributed by atoms with Crippen LogP contribution in [0.2, 0.25) is 0 Å². The van der Waals surface area contributed by atoms with Crippen molar-refractivity contribution in [1.29, 1.82) is 0 Å². The number of sulfonamides is 1. The van der Waals surface area contributed by atoms with Crippen LogP contribution in [0.1, 0.15) is 30.3 Å².